The minimum atomic E-state index is -0.229. The van der Waals surface area contributed by atoms with Crippen LogP contribution in [0.5, 0.6) is 5.75 Å². The van der Waals surface area contributed by atoms with Gasteiger partial charge in [0.15, 0.2) is 5.52 Å². The Balaban J connectivity index is 2.21. The average Bonchev–Trinajstić information content (AvgIpc) is 2.48. The van der Waals surface area contributed by atoms with E-state index in [9.17, 15) is 4.79 Å². The van der Waals surface area contributed by atoms with Gasteiger partial charge < -0.3 is 4.74 Å². The standard InChI is InChI=1S/C23H31O2P/c1-15-13-19(25-23(6,7)8)14-16(2)20(15)26-21(24)17-9-11-18(12-10-17)22(3,4)5/h9-14,26H,1-8H3. The molecular weight excluding hydrogens is 339 g/mol. The van der Waals surface area contributed by atoms with Crippen molar-refractivity contribution in [3.8, 4) is 5.75 Å². The van der Waals surface area contributed by atoms with Crippen molar-refractivity contribution < 1.29 is 9.53 Å². The van der Waals surface area contributed by atoms with Gasteiger partial charge >= 0.3 is 0 Å². The molecule has 0 amide bonds. The third-order valence-electron chi connectivity index (χ3n) is 4.18. The Morgan fingerprint density at radius 2 is 1.38 bits per heavy atom. The Hall–Kier alpha value is -1.66. The van der Waals surface area contributed by atoms with Gasteiger partial charge in [-0.1, -0.05) is 45.0 Å². The lowest BCUT2D eigenvalue weighted by Gasteiger charge is -2.23. The summed E-state index contributed by atoms with van der Waals surface area (Å²) >= 11 is 0. The minimum absolute atomic E-state index is 0.0971. The van der Waals surface area contributed by atoms with Crippen molar-refractivity contribution >= 4 is 19.4 Å². The fourth-order valence-corrected chi connectivity index (χ4v) is 3.92. The molecule has 2 aromatic carbocycles. The van der Waals surface area contributed by atoms with Crippen LogP contribution in [0, 0.1) is 13.8 Å². The second kappa shape index (κ2) is 7.53. The van der Waals surface area contributed by atoms with E-state index in [0.717, 1.165) is 27.7 Å². The summed E-state index contributed by atoms with van der Waals surface area (Å²) < 4.78 is 5.97. The molecular formula is C23H31O2P. The molecule has 2 nitrogen and oxygen atoms in total. The third kappa shape index (κ3) is 5.42. The zero-order chi connectivity index (χ0) is 19.7. The first-order valence-corrected chi connectivity index (χ1v) is 10.1. The van der Waals surface area contributed by atoms with Gasteiger partial charge in [-0.3, -0.25) is 4.79 Å². The average molecular weight is 370 g/mol. The molecule has 26 heavy (non-hydrogen) atoms. The van der Waals surface area contributed by atoms with Crippen molar-refractivity contribution in [3.05, 3.63) is 58.7 Å². The van der Waals surface area contributed by atoms with Crippen molar-refractivity contribution in [2.45, 2.75) is 66.4 Å². The number of hydrogen-bond acceptors (Lipinski definition) is 2. The number of carbonyl (C=O) groups is 1. The van der Waals surface area contributed by atoms with Crippen LogP contribution in [0.1, 0.15) is 68.6 Å². The Bertz CT molecular complexity index is 767. The molecule has 0 aliphatic carbocycles. The molecule has 0 N–H and O–H groups in total. The highest BCUT2D eigenvalue weighted by Crippen LogP contribution is 2.28. The molecule has 1 unspecified atom stereocenters. The lowest BCUT2D eigenvalue weighted by atomic mass is 9.87. The molecule has 3 heteroatoms. The summed E-state index contributed by atoms with van der Waals surface area (Å²) in [6, 6.07) is 12.1. The van der Waals surface area contributed by atoms with E-state index in [0.29, 0.717) is 0 Å². The van der Waals surface area contributed by atoms with Gasteiger partial charge in [-0.2, -0.15) is 0 Å². The van der Waals surface area contributed by atoms with Gasteiger partial charge in [0.05, 0.1) is 0 Å². The molecule has 0 fully saturated rings. The van der Waals surface area contributed by atoms with E-state index in [-0.39, 0.29) is 25.1 Å². The number of aryl methyl sites for hydroxylation is 2. The molecule has 0 saturated carbocycles. The predicted molar refractivity (Wildman–Crippen MR) is 114 cm³/mol. The van der Waals surface area contributed by atoms with Crippen molar-refractivity contribution in [2.24, 2.45) is 0 Å². The van der Waals surface area contributed by atoms with Crippen LogP contribution >= 0.6 is 8.58 Å². The number of benzene rings is 2. The van der Waals surface area contributed by atoms with Gasteiger partial charge in [0.2, 0.25) is 0 Å². The van der Waals surface area contributed by atoms with Crippen molar-refractivity contribution in [1.29, 1.82) is 0 Å². The van der Waals surface area contributed by atoms with Gasteiger partial charge in [-0.05, 0) is 82.7 Å². The van der Waals surface area contributed by atoms with Crippen molar-refractivity contribution in [1.82, 2.24) is 0 Å². The van der Waals surface area contributed by atoms with Crippen LogP contribution in [0.25, 0.3) is 0 Å². The molecule has 0 aliphatic rings. The number of hydrogen-bond donors (Lipinski definition) is 0. The van der Waals surface area contributed by atoms with Gasteiger partial charge in [0.25, 0.3) is 0 Å². The SMILES string of the molecule is Cc1cc(OC(C)(C)C)cc(C)c1PC(=O)c1ccc(C(C)(C)C)cc1. The second-order valence-electron chi connectivity index (χ2n) is 8.93. The lowest BCUT2D eigenvalue weighted by Crippen LogP contribution is -2.23. The Morgan fingerprint density at radius 1 is 0.885 bits per heavy atom. The van der Waals surface area contributed by atoms with E-state index in [1.807, 2.05) is 45.0 Å². The summed E-state index contributed by atoms with van der Waals surface area (Å²) in [5, 5.41) is 1.12. The smallest absolute Gasteiger partial charge is 0.185 e. The fourth-order valence-electron chi connectivity index (χ4n) is 2.84. The Labute approximate surface area is 160 Å². The summed E-state index contributed by atoms with van der Waals surface area (Å²) in [7, 11) is 0.127. The van der Waals surface area contributed by atoms with Gasteiger partial charge in [-0.25, -0.2) is 0 Å². The monoisotopic (exact) mass is 370 g/mol. The zero-order valence-electron chi connectivity index (χ0n) is 17.3. The molecule has 0 saturated heterocycles. The van der Waals surface area contributed by atoms with Gasteiger partial charge in [-0.15, -0.1) is 0 Å². The molecule has 0 heterocycles. The highest BCUT2D eigenvalue weighted by Gasteiger charge is 2.17. The van der Waals surface area contributed by atoms with Crippen LogP contribution in [0.15, 0.2) is 36.4 Å². The van der Waals surface area contributed by atoms with Crippen LogP contribution in [0.4, 0.5) is 0 Å². The summed E-state index contributed by atoms with van der Waals surface area (Å²) in [6.07, 6.45) is 0. The summed E-state index contributed by atoms with van der Waals surface area (Å²) in [4.78, 5) is 12.8. The van der Waals surface area contributed by atoms with Gasteiger partial charge in [0, 0.05) is 5.56 Å². The van der Waals surface area contributed by atoms with Crippen molar-refractivity contribution in [2.75, 3.05) is 0 Å². The molecule has 0 spiro atoms. The van der Waals surface area contributed by atoms with E-state index < -0.39 is 0 Å². The van der Waals surface area contributed by atoms with Crippen LogP contribution in [-0.4, -0.2) is 11.1 Å². The highest BCUT2D eigenvalue weighted by atomic mass is 31.1. The zero-order valence-corrected chi connectivity index (χ0v) is 18.3. The molecule has 2 aromatic rings. The molecule has 0 bridgehead atoms. The molecule has 1 atom stereocenters. The van der Waals surface area contributed by atoms with E-state index >= 15 is 0 Å². The molecule has 0 radical (unpaired) electrons. The minimum Gasteiger partial charge on any atom is -0.488 e. The van der Waals surface area contributed by atoms with E-state index in [1.165, 1.54) is 5.56 Å². The van der Waals surface area contributed by atoms with Crippen LogP contribution in [0.3, 0.4) is 0 Å². The number of rotatable bonds is 4. The third-order valence-corrected chi connectivity index (χ3v) is 5.74. The lowest BCUT2D eigenvalue weighted by molar-refractivity contribution is 0.108. The largest absolute Gasteiger partial charge is 0.488 e. The quantitative estimate of drug-likeness (QED) is 0.624. The van der Waals surface area contributed by atoms with Crippen molar-refractivity contribution in [3.63, 3.8) is 0 Å². The fraction of sp³-hybridized carbons (Fsp3) is 0.435. The molecule has 0 aromatic heterocycles. The maximum atomic E-state index is 12.8. The topological polar surface area (TPSA) is 26.3 Å². The first-order chi connectivity index (χ1) is 11.9. The van der Waals surface area contributed by atoms with Crippen LogP contribution in [0.2, 0.25) is 0 Å². The first kappa shape index (κ1) is 20.6. The maximum Gasteiger partial charge on any atom is 0.185 e. The second-order valence-corrected chi connectivity index (χ2v) is 10.1. The first-order valence-electron chi connectivity index (χ1n) is 9.09. The molecule has 0 aliphatic heterocycles. The van der Waals surface area contributed by atoms with Gasteiger partial charge in [0.1, 0.15) is 11.4 Å². The van der Waals surface area contributed by atoms with E-state index in [2.05, 4.69) is 46.8 Å². The summed E-state index contributed by atoms with van der Waals surface area (Å²) in [5.41, 5.74) is 4.30. The number of ether oxygens (including phenoxy) is 1. The molecule has 140 valence electrons. The van der Waals surface area contributed by atoms with Crippen LogP contribution < -0.4 is 10.0 Å². The summed E-state index contributed by atoms with van der Waals surface area (Å²) in [5.74, 6) is 0.864. The van der Waals surface area contributed by atoms with E-state index in [4.69, 9.17) is 4.74 Å². The molecule has 2 rings (SSSR count). The van der Waals surface area contributed by atoms with Crippen LogP contribution in [-0.2, 0) is 5.41 Å². The Morgan fingerprint density at radius 3 is 1.81 bits per heavy atom. The highest BCUT2D eigenvalue weighted by molar-refractivity contribution is 7.66. The predicted octanol–water partition coefficient (Wildman–Crippen LogP) is 5.92. The number of carbonyl (C=O) groups excluding carboxylic acids is 1. The normalized spacial score (nSPS) is 12.6. The van der Waals surface area contributed by atoms with E-state index in [1.54, 1.807) is 0 Å². The maximum absolute atomic E-state index is 12.8. The Kier molecular flexibility index (Phi) is 5.98. The summed E-state index contributed by atoms with van der Waals surface area (Å²) in [6.45, 7) is 16.8.